The first kappa shape index (κ1) is 15.7. The number of hydrogen-bond acceptors (Lipinski definition) is 3. The largest absolute Gasteiger partial charge is 0.253 e. The van der Waals surface area contributed by atoms with Crippen LogP contribution in [0.25, 0.3) is 0 Å². The molecule has 20 heavy (non-hydrogen) atoms. The second kappa shape index (κ2) is 6.85. The number of thiophene rings is 1. The van der Waals surface area contributed by atoms with Crippen molar-refractivity contribution in [1.29, 1.82) is 0 Å². The Hall–Kier alpha value is -0.690. The molecule has 0 amide bonds. The monoisotopic (exact) mass is 373 g/mol. The van der Waals surface area contributed by atoms with E-state index in [1.807, 2.05) is 18.2 Å². The van der Waals surface area contributed by atoms with Crippen molar-refractivity contribution >= 4 is 37.3 Å². The van der Waals surface area contributed by atoms with Crippen molar-refractivity contribution in [2.24, 2.45) is 0 Å². The van der Waals surface area contributed by atoms with E-state index in [-0.39, 0.29) is 0 Å². The summed E-state index contributed by atoms with van der Waals surface area (Å²) < 4.78 is 27.2. The van der Waals surface area contributed by atoms with Crippen molar-refractivity contribution in [3.05, 3.63) is 51.8 Å². The molecule has 0 atom stereocenters. The summed E-state index contributed by atoms with van der Waals surface area (Å²) in [6, 6.07) is 11.9. The van der Waals surface area contributed by atoms with Crippen LogP contribution in [-0.4, -0.2) is 26.3 Å². The Bertz CT molecular complexity index is 653. The number of benzene rings is 1. The van der Waals surface area contributed by atoms with Gasteiger partial charge in [-0.2, -0.15) is 0 Å². The van der Waals surface area contributed by atoms with Crippen LogP contribution in [0.5, 0.6) is 0 Å². The highest BCUT2D eigenvalue weighted by Crippen LogP contribution is 2.29. The second-order valence-electron chi connectivity index (χ2n) is 4.47. The molecule has 0 aliphatic heterocycles. The molecule has 0 unspecified atom stereocenters. The van der Waals surface area contributed by atoms with Crippen LogP contribution in [0.4, 0.5) is 0 Å². The van der Waals surface area contributed by atoms with Crippen molar-refractivity contribution in [3.63, 3.8) is 0 Å². The SMILES string of the molecule is CN(CCCc1ccccc1)S(=O)(=O)c1sccc1Br. The van der Waals surface area contributed by atoms with Gasteiger partial charge in [0.25, 0.3) is 10.0 Å². The topological polar surface area (TPSA) is 37.4 Å². The van der Waals surface area contributed by atoms with E-state index in [4.69, 9.17) is 0 Å². The van der Waals surface area contributed by atoms with Crippen LogP contribution in [0.15, 0.2) is 50.5 Å². The quantitative estimate of drug-likeness (QED) is 0.772. The molecule has 0 aliphatic carbocycles. The Kier molecular flexibility index (Phi) is 5.37. The van der Waals surface area contributed by atoms with E-state index in [0.717, 1.165) is 12.8 Å². The van der Waals surface area contributed by atoms with Gasteiger partial charge in [-0.25, -0.2) is 12.7 Å². The van der Waals surface area contributed by atoms with E-state index >= 15 is 0 Å². The fourth-order valence-corrected chi connectivity index (χ4v) is 5.59. The minimum Gasteiger partial charge on any atom is -0.206 e. The fourth-order valence-electron chi connectivity index (χ4n) is 1.88. The highest BCUT2D eigenvalue weighted by atomic mass is 79.9. The zero-order valence-corrected chi connectivity index (χ0v) is 14.3. The molecule has 1 aromatic heterocycles. The number of hydrogen-bond donors (Lipinski definition) is 0. The molecule has 2 rings (SSSR count). The van der Waals surface area contributed by atoms with Gasteiger partial charge in [-0.15, -0.1) is 11.3 Å². The van der Waals surface area contributed by atoms with Crippen LogP contribution in [0, 0.1) is 0 Å². The summed E-state index contributed by atoms with van der Waals surface area (Å²) in [4.78, 5) is 0. The normalized spacial score (nSPS) is 11.9. The Balaban J connectivity index is 1.95. The third-order valence-electron chi connectivity index (χ3n) is 3.01. The average molecular weight is 374 g/mol. The van der Waals surface area contributed by atoms with Gasteiger partial charge in [0.05, 0.1) is 0 Å². The van der Waals surface area contributed by atoms with Gasteiger partial charge >= 0.3 is 0 Å². The van der Waals surface area contributed by atoms with Crippen molar-refractivity contribution in [1.82, 2.24) is 4.31 Å². The number of sulfonamides is 1. The van der Waals surface area contributed by atoms with Crippen LogP contribution in [0.2, 0.25) is 0 Å². The zero-order valence-electron chi connectivity index (χ0n) is 11.1. The number of halogens is 1. The first-order valence-corrected chi connectivity index (χ1v) is 9.36. The molecule has 0 spiro atoms. The van der Waals surface area contributed by atoms with E-state index in [1.54, 1.807) is 18.5 Å². The molecule has 108 valence electrons. The minimum absolute atomic E-state index is 0.375. The lowest BCUT2D eigenvalue weighted by Gasteiger charge is -2.16. The van der Waals surface area contributed by atoms with Gasteiger partial charge in [-0.1, -0.05) is 30.3 Å². The van der Waals surface area contributed by atoms with Crippen LogP contribution in [-0.2, 0) is 16.4 Å². The molecule has 1 heterocycles. The summed E-state index contributed by atoms with van der Waals surface area (Å²) >= 11 is 4.52. The summed E-state index contributed by atoms with van der Waals surface area (Å²) in [6.07, 6.45) is 1.69. The summed E-state index contributed by atoms with van der Waals surface area (Å²) in [5.74, 6) is 0. The van der Waals surface area contributed by atoms with Crippen molar-refractivity contribution in [2.75, 3.05) is 13.6 Å². The average Bonchev–Trinajstić information content (AvgIpc) is 2.87. The van der Waals surface area contributed by atoms with E-state index in [2.05, 4.69) is 28.1 Å². The lowest BCUT2D eigenvalue weighted by atomic mass is 10.1. The van der Waals surface area contributed by atoms with Crippen LogP contribution in [0.1, 0.15) is 12.0 Å². The zero-order chi connectivity index (χ0) is 14.6. The van der Waals surface area contributed by atoms with Gasteiger partial charge in [-0.3, -0.25) is 0 Å². The molecule has 0 radical (unpaired) electrons. The highest BCUT2D eigenvalue weighted by Gasteiger charge is 2.24. The minimum atomic E-state index is -3.38. The third kappa shape index (κ3) is 3.69. The Morgan fingerprint density at radius 2 is 1.90 bits per heavy atom. The molecular formula is C14H16BrNO2S2. The fraction of sp³-hybridized carbons (Fsp3) is 0.286. The molecule has 0 N–H and O–H groups in total. The van der Waals surface area contributed by atoms with Crippen LogP contribution < -0.4 is 0 Å². The molecule has 0 bridgehead atoms. The molecular weight excluding hydrogens is 358 g/mol. The maximum Gasteiger partial charge on any atom is 0.253 e. The molecule has 6 heteroatoms. The molecule has 2 aromatic rings. The van der Waals surface area contributed by atoms with Gasteiger partial charge in [0.1, 0.15) is 4.21 Å². The molecule has 1 aromatic carbocycles. The molecule has 0 aliphatic rings. The number of rotatable bonds is 6. The lowest BCUT2D eigenvalue weighted by Crippen LogP contribution is -2.27. The van der Waals surface area contributed by atoms with Gasteiger partial charge in [0, 0.05) is 18.1 Å². The molecule has 3 nitrogen and oxygen atoms in total. The predicted octanol–water partition coefficient (Wildman–Crippen LogP) is 3.76. The van der Waals surface area contributed by atoms with Gasteiger partial charge in [0.15, 0.2) is 0 Å². The summed E-state index contributed by atoms with van der Waals surface area (Å²) in [6.45, 7) is 0.515. The van der Waals surface area contributed by atoms with Gasteiger partial charge < -0.3 is 0 Å². The smallest absolute Gasteiger partial charge is 0.206 e. The first-order chi connectivity index (χ1) is 9.51. The number of aryl methyl sites for hydroxylation is 1. The lowest BCUT2D eigenvalue weighted by molar-refractivity contribution is 0.462. The summed E-state index contributed by atoms with van der Waals surface area (Å²) in [7, 11) is -1.74. The Morgan fingerprint density at radius 1 is 1.20 bits per heavy atom. The molecule has 0 fully saturated rings. The standard InChI is InChI=1S/C14H16BrNO2S2/c1-16(10-5-8-12-6-3-2-4-7-12)20(17,18)14-13(15)9-11-19-14/h2-4,6-7,9,11H,5,8,10H2,1H3. The van der Waals surface area contributed by atoms with Crippen molar-refractivity contribution in [2.45, 2.75) is 17.1 Å². The van der Waals surface area contributed by atoms with Crippen LogP contribution >= 0.6 is 27.3 Å². The van der Waals surface area contributed by atoms with E-state index < -0.39 is 10.0 Å². The van der Waals surface area contributed by atoms with Crippen molar-refractivity contribution < 1.29 is 8.42 Å². The van der Waals surface area contributed by atoms with E-state index in [0.29, 0.717) is 15.2 Å². The van der Waals surface area contributed by atoms with Gasteiger partial charge in [-0.05, 0) is 45.8 Å². The molecule has 0 saturated carbocycles. The highest BCUT2D eigenvalue weighted by molar-refractivity contribution is 9.10. The van der Waals surface area contributed by atoms with Crippen molar-refractivity contribution in [3.8, 4) is 0 Å². The maximum atomic E-state index is 12.4. The van der Waals surface area contributed by atoms with Gasteiger partial charge in [0.2, 0.25) is 0 Å². The number of nitrogens with zero attached hydrogens (tertiary/aromatic N) is 1. The third-order valence-corrected chi connectivity index (χ3v) is 7.51. The van der Waals surface area contributed by atoms with Crippen LogP contribution in [0.3, 0.4) is 0 Å². The Morgan fingerprint density at radius 3 is 2.50 bits per heavy atom. The summed E-state index contributed by atoms with van der Waals surface area (Å²) in [5.41, 5.74) is 1.23. The maximum absolute atomic E-state index is 12.4. The van der Waals surface area contributed by atoms with E-state index in [9.17, 15) is 8.42 Å². The predicted molar refractivity (Wildman–Crippen MR) is 86.6 cm³/mol. The first-order valence-electron chi connectivity index (χ1n) is 6.25. The van der Waals surface area contributed by atoms with E-state index in [1.165, 1.54) is 21.2 Å². The molecule has 0 saturated heterocycles. The summed E-state index contributed by atoms with van der Waals surface area (Å²) in [5, 5.41) is 1.77. The second-order valence-corrected chi connectivity index (χ2v) is 8.48. The Labute approximate surface area is 132 Å².